The number of morpholine rings is 1. The van der Waals surface area contributed by atoms with Gasteiger partial charge in [0.1, 0.15) is 6.10 Å². The molecule has 0 radical (unpaired) electrons. The summed E-state index contributed by atoms with van der Waals surface area (Å²) in [5.74, 6) is 0.0816. The van der Waals surface area contributed by atoms with E-state index in [0.717, 1.165) is 16.7 Å². The third-order valence-corrected chi connectivity index (χ3v) is 4.05. The lowest BCUT2D eigenvalue weighted by atomic mass is 10.1. The second-order valence-electron chi connectivity index (χ2n) is 5.76. The monoisotopic (exact) mass is 307 g/mol. The Bertz CT molecular complexity index is 679. The lowest BCUT2D eigenvalue weighted by Crippen LogP contribution is -2.42. The SMILES string of the molecule is C/C(=C\c1ccccc1)C(=O)N1CCOC(c2ccccc2)C1. The zero-order valence-electron chi connectivity index (χ0n) is 13.3. The summed E-state index contributed by atoms with van der Waals surface area (Å²) < 4.78 is 5.83. The molecule has 23 heavy (non-hydrogen) atoms. The van der Waals surface area contributed by atoms with Crippen molar-refractivity contribution in [2.24, 2.45) is 0 Å². The quantitative estimate of drug-likeness (QED) is 0.809. The summed E-state index contributed by atoms with van der Waals surface area (Å²) in [7, 11) is 0. The average Bonchev–Trinajstić information content (AvgIpc) is 2.63. The number of ether oxygens (including phenoxy) is 1. The summed E-state index contributed by atoms with van der Waals surface area (Å²) in [5, 5.41) is 0. The van der Waals surface area contributed by atoms with Crippen LogP contribution in [-0.4, -0.2) is 30.5 Å². The highest BCUT2D eigenvalue weighted by Gasteiger charge is 2.25. The normalized spacial score (nSPS) is 18.7. The van der Waals surface area contributed by atoms with E-state index in [1.54, 1.807) is 0 Å². The van der Waals surface area contributed by atoms with Crippen molar-refractivity contribution in [3.63, 3.8) is 0 Å². The minimum atomic E-state index is -0.0431. The zero-order valence-corrected chi connectivity index (χ0v) is 13.3. The Hall–Kier alpha value is -2.39. The van der Waals surface area contributed by atoms with Crippen molar-refractivity contribution >= 4 is 12.0 Å². The van der Waals surface area contributed by atoms with Gasteiger partial charge in [-0.05, 0) is 24.1 Å². The first-order chi connectivity index (χ1) is 11.2. The van der Waals surface area contributed by atoms with Crippen molar-refractivity contribution in [3.8, 4) is 0 Å². The van der Waals surface area contributed by atoms with Gasteiger partial charge in [-0.1, -0.05) is 60.7 Å². The van der Waals surface area contributed by atoms with Crippen LogP contribution in [0.2, 0.25) is 0 Å². The van der Waals surface area contributed by atoms with Crippen molar-refractivity contribution in [1.29, 1.82) is 0 Å². The van der Waals surface area contributed by atoms with Gasteiger partial charge in [-0.2, -0.15) is 0 Å². The number of nitrogens with zero attached hydrogens (tertiary/aromatic N) is 1. The molecule has 0 saturated carbocycles. The van der Waals surface area contributed by atoms with E-state index in [-0.39, 0.29) is 12.0 Å². The summed E-state index contributed by atoms with van der Waals surface area (Å²) >= 11 is 0. The summed E-state index contributed by atoms with van der Waals surface area (Å²) in [4.78, 5) is 14.6. The Labute approximate surface area is 137 Å². The van der Waals surface area contributed by atoms with Crippen LogP contribution in [0.15, 0.2) is 66.2 Å². The molecule has 1 fully saturated rings. The minimum Gasteiger partial charge on any atom is -0.370 e. The molecule has 1 saturated heterocycles. The molecular weight excluding hydrogens is 286 g/mol. The van der Waals surface area contributed by atoms with Crippen molar-refractivity contribution < 1.29 is 9.53 Å². The number of hydrogen-bond donors (Lipinski definition) is 0. The third-order valence-electron chi connectivity index (χ3n) is 4.05. The highest BCUT2D eigenvalue weighted by molar-refractivity contribution is 5.97. The first kappa shape index (κ1) is 15.5. The Morgan fingerprint density at radius 3 is 2.43 bits per heavy atom. The number of hydrogen-bond acceptors (Lipinski definition) is 2. The number of rotatable bonds is 3. The fraction of sp³-hybridized carbons (Fsp3) is 0.250. The molecule has 2 aromatic carbocycles. The first-order valence-electron chi connectivity index (χ1n) is 7.93. The Morgan fingerprint density at radius 2 is 1.74 bits per heavy atom. The van der Waals surface area contributed by atoms with Gasteiger partial charge in [0.15, 0.2) is 0 Å². The molecule has 0 spiro atoms. The fourth-order valence-corrected chi connectivity index (χ4v) is 2.81. The molecule has 1 amide bonds. The Morgan fingerprint density at radius 1 is 1.09 bits per heavy atom. The van der Waals surface area contributed by atoms with Crippen LogP contribution >= 0.6 is 0 Å². The van der Waals surface area contributed by atoms with E-state index in [9.17, 15) is 4.79 Å². The number of carbonyl (C=O) groups is 1. The predicted octanol–water partition coefficient (Wildman–Crippen LogP) is 3.69. The van der Waals surface area contributed by atoms with Gasteiger partial charge in [0.25, 0.3) is 0 Å². The number of carbonyl (C=O) groups excluding carboxylic acids is 1. The predicted molar refractivity (Wildman–Crippen MR) is 91.8 cm³/mol. The van der Waals surface area contributed by atoms with E-state index >= 15 is 0 Å². The zero-order chi connectivity index (χ0) is 16.1. The van der Waals surface area contributed by atoms with Crippen molar-refractivity contribution in [1.82, 2.24) is 4.90 Å². The molecule has 1 unspecified atom stereocenters. The molecule has 0 bridgehead atoms. The first-order valence-corrected chi connectivity index (χ1v) is 7.93. The van der Waals surface area contributed by atoms with Crippen molar-refractivity contribution in [2.45, 2.75) is 13.0 Å². The molecule has 2 aromatic rings. The van der Waals surface area contributed by atoms with E-state index in [1.165, 1.54) is 0 Å². The molecule has 1 aliphatic heterocycles. The molecule has 1 atom stereocenters. The fourth-order valence-electron chi connectivity index (χ4n) is 2.81. The molecule has 3 nitrogen and oxygen atoms in total. The van der Waals surface area contributed by atoms with E-state index in [4.69, 9.17) is 4.74 Å². The average molecular weight is 307 g/mol. The third kappa shape index (κ3) is 3.88. The standard InChI is InChI=1S/C20H21NO2/c1-16(14-17-8-4-2-5-9-17)20(22)21-12-13-23-19(15-21)18-10-6-3-7-11-18/h2-11,14,19H,12-13,15H2,1H3/b16-14+. The highest BCUT2D eigenvalue weighted by Crippen LogP contribution is 2.23. The summed E-state index contributed by atoms with van der Waals surface area (Å²) in [6.45, 7) is 3.69. The summed E-state index contributed by atoms with van der Waals surface area (Å²) in [6.07, 6.45) is 1.90. The second kappa shape index (κ2) is 7.25. The molecule has 0 N–H and O–H groups in total. The maximum Gasteiger partial charge on any atom is 0.249 e. The van der Waals surface area contributed by atoms with Gasteiger partial charge in [-0.3, -0.25) is 4.79 Å². The maximum absolute atomic E-state index is 12.7. The molecule has 1 heterocycles. The van der Waals surface area contributed by atoms with Gasteiger partial charge in [-0.25, -0.2) is 0 Å². The van der Waals surface area contributed by atoms with E-state index in [0.29, 0.717) is 19.7 Å². The molecule has 118 valence electrons. The maximum atomic E-state index is 12.7. The second-order valence-corrected chi connectivity index (χ2v) is 5.76. The molecule has 0 aliphatic carbocycles. The van der Waals surface area contributed by atoms with Gasteiger partial charge in [0.05, 0.1) is 13.2 Å². The number of benzene rings is 2. The van der Waals surface area contributed by atoms with Crippen LogP contribution < -0.4 is 0 Å². The van der Waals surface area contributed by atoms with Gasteiger partial charge >= 0.3 is 0 Å². The Balaban J connectivity index is 1.71. The molecule has 0 aromatic heterocycles. The molecule has 3 rings (SSSR count). The van der Waals surface area contributed by atoms with Gasteiger partial charge in [0.2, 0.25) is 5.91 Å². The van der Waals surface area contributed by atoms with Crippen LogP contribution in [0.5, 0.6) is 0 Å². The van der Waals surface area contributed by atoms with Crippen LogP contribution in [0, 0.1) is 0 Å². The minimum absolute atomic E-state index is 0.0431. The lowest BCUT2D eigenvalue weighted by molar-refractivity contribution is -0.134. The van der Waals surface area contributed by atoms with E-state index in [2.05, 4.69) is 0 Å². The van der Waals surface area contributed by atoms with Gasteiger partial charge in [0, 0.05) is 12.1 Å². The molecular formula is C20H21NO2. The summed E-state index contributed by atoms with van der Waals surface area (Å²) in [5.41, 5.74) is 2.92. The van der Waals surface area contributed by atoms with Crippen molar-refractivity contribution in [2.75, 3.05) is 19.7 Å². The van der Waals surface area contributed by atoms with E-state index in [1.807, 2.05) is 78.6 Å². The topological polar surface area (TPSA) is 29.5 Å². The summed E-state index contributed by atoms with van der Waals surface area (Å²) in [6, 6.07) is 20.0. The highest BCUT2D eigenvalue weighted by atomic mass is 16.5. The van der Waals surface area contributed by atoms with Crippen LogP contribution in [0.25, 0.3) is 6.08 Å². The van der Waals surface area contributed by atoms with Gasteiger partial charge < -0.3 is 9.64 Å². The van der Waals surface area contributed by atoms with Crippen LogP contribution in [0.4, 0.5) is 0 Å². The van der Waals surface area contributed by atoms with Crippen LogP contribution in [-0.2, 0) is 9.53 Å². The number of amides is 1. The van der Waals surface area contributed by atoms with Crippen molar-refractivity contribution in [3.05, 3.63) is 77.4 Å². The van der Waals surface area contributed by atoms with E-state index < -0.39 is 0 Å². The van der Waals surface area contributed by atoms with Crippen LogP contribution in [0.3, 0.4) is 0 Å². The smallest absolute Gasteiger partial charge is 0.249 e. The largest absolute Gasteiger partial charge is 0.370 e. The van der Waals surface area contributed by atoms with Crippen LogP contribution in [0.1, 0.15) is 24.2 Å². The molecule has 1 aliphatic rings. The van der Waals surface area contributed by atoms with Gasteiger partial charge in [-0.15, -0.1) is 0 Å². The lowest BCUT2D eigenvalue weighted by Gasteiger charge is -2.33. The molecule has 3 heteroatoms. The Kier molecular flexibility index (Phi) is 4.89.